The maximum Gasteiger partial charge on any atom is 2.00 e. The molecule has 0 aliphatic carbocycles. The molecule has 8 aromatic carbocycles. The Hall–Kier alpha value is -9.36. The van der Waals surface area contributed by atoms with Crippen molar-refractivity contribution in [2.24, 2.45) is 0 Å². The summed E-state index contributed by atoms with van der Waals surface area (Å²) in [6.45, 7) is 22.1. The molecular formula is C70H58F12FeN10P2. The van der Waals surface area contributed by atoms with Crippen LogP contribution in [0.4, 0.5) is 50.4 Å². The molecule has 0 atom stereocenters. The minimum absolute atomic E-state index is 0. The predicted octanol–water partition coefficient (Wildman–Crippen LogP) is 20.3. The van der Waals surface area contributed by atoms with Gasteiger partial charge in [-0.2, -0.15) is 10.5 Å². The Balaban J connectivity index is 0.000000485. The SMILES string of the molecule is CC#N.CC#N.F[P-](F)(F)(F)(F)F.F[P-](F)(F)(F)(F)F.[C]1N2CCN3[C]N(CN4[C]N(CCN5[C]N(CN1C(c1ccccc1)=C2c1ccccc1)C(c1ccccc1)=C5c1ccccc1)C(c1ccccc1)=C4c1ccccc1)C(c1ccccc1)=C3c1ccccc1.[Fe+2]. The molecule has 8 bridgehead atoms. The van der Waals surface area contributed by atoms with E-state index in [1.54, 1.807) is 12.1 Å². The van der Waals surface area contributed by atoms with E-state index in [0.29, 0.717) is 39.5 Å². The zero-order valence-corrected chi connectivity index (χ0v) is 53.5. The fraction of sp³-hybridized carbons (Fsp3) is 0.114. The first kappa shape index (κ1) is 71.5. The van der Waals surface area contributed by atoms with E-state index in [0.717, 1.165) is 90.1 Å². The molecule has 8 aromatic rings. The average molecular weight is 1390 g/mol. The molecular weight excluding hydrogens is 1330 g/mol. The van der Waals surface area contributed by atoms with Gasteiger partial charge in [-0.1, -0.05) is 243 Å². The van der Waals surface area contributed by atoms with Crippen molar-refractivity contribution in [2.45, 2.75) is 13.8 Å². The number of nitriles is 2. The second-order valence-electron chi connectivity index (χ2n) is 21.1. The smallest absolute Gasteiger partial charge is 0.337 e. The van der Waals surface area contributed by atoms with E-state index in [2.05, 4.69) is 309 Å². The van der Waals surface area contributed by atoms with Crippen molar-refractivity contribution in [2.75, 3.05) is 39.5 Å². The second-order valence-corrected chi connectivity index (χ2v) is 24.9. The summed E-state index contributed by atoms with van der Waals surface area (Å²) in [5.41, 5.74) is 17.6. The largest absolute Gasteiger partial charge is 2.00 e. The van der Waals surface area contributed by atoms with Crippen molar-refractivity contribution in [3.63, 3.8) is 0 Å². The van der Waals surface area contributed by atoms with E-state index in [1.807, 2.05) is 0 Å². The molecule has 13 rings (SSSR count). The monoisotopic (exact) mass is 1380 g/mol. The average Bonchev–Trinajstić information content (AvgIpc) is 1.65. The molecule has 0 N–H and O–H groups in total. The Morgan fingerprint density at radius 1 is 0.253 bits per heavy atom. The molecule has 95 heavy (non-hydrogen) atoms. The van der Waals surface area contributed by atoms with Crippen LogP contribution < -0.4 is 0 Å². The molecule has 10 nitrogen and oxygen atoms in total. The van der Waals surface area contributed by atoms with Crippen LogP contribution in [0.2, 0.25) is 0 Å². The Labute approximate surface area is 555 Å². The number of nitrogens with zero attached hydrogens (tertiary/aromatic N) is 10. The van der Waals surface area contributed by atoms with E-state index >= 15 is 0 Å². The van der Waals surface area contributed by atoms with Gasteiger partial charge in [-0.05, 0) is 0 Å². The summed E-state index contributed by atoms with van der Waals surface area (Å²) in [7, 11) is -21.3. The van der Waals surface area contributed by atoms with Gasteiger partial charge in [-0.25, -0.2) is 0 Å². The first-order chi connectivity index (χ1) is 44.5. The molecule has 8 radical (unpaired) electrons. The number of hydrogen-bond acceptors (Lipinski definition) is 10. The molecule has 1 fully saturated rings. The van der Waals surface area contributed by atoms with E-state index in [1.165, 1.54) is 13.8 Å². The Bertz CT molecular complexity index is 3590. The Morgan fingerprint density at radius 2 is 0.358 bits per heavy atom. The molecule has 490 valence electrons. The summed E-state index contributed by atoms with van der Waals surface area (Å²) < 4.78 is 118. The summed E-state index contributed by atoms with van der Waals surface area (Å²) in [6.07, 6.45) is 0. The normalized spacial score (nSPS) is 17.1. The van der Waals surface area contributed by atoms with E-state index < -0.39 is 15.6 Å². The van der Waals surface area contributed by atoms with Crippen LogP contribution >= 0.6 is 15.6 Å². The summed E-state index contributed by atoms with van der Waals surface area (Å²) >= 11 is 0. The number of fused-ring (bicyclic) bond motifs is 8. The molecule has 0 spiro atoms. The van der Waals surface area contributed by atoms with Crippen molar-refractivity contribution in [3.8, 4) is 12.1 Å². The van der Waals surface area contributed by atoms with Gasteiger partial charge in [0.05, 0.1) is 71.1 Å². The van der Waals surface area contributed by atoms with Gasteiger partial charge < -0.3 is 39.2 Å². The third-order valence-corrected chi connectivity index (χ3v) is 14.1. The molecule has 5 aliphatic rings. The molecule has 0 unspecified atom stereocenters. The van der Waals surface area contributed by atoms with E-state index in [-0.39, 0.29) is 17.1 Å². The van der Waals surface area contributed by atoms with Gasteiger partial charge in [0.15, 0.2) is 0 Å². The molecule has 0 amide bonds. The maximum absolute atomic E-state index is 10.7. The van der Waals surface area contributed by atoms with Gasteiger partial charge in [0, 0.05) is 84.5 Å². The van der Waals surface area contributed by atoms with Gasteiger partial charge >= 0.3 is 83.0 Å². The maximum atomic E-state index is 9.87. The van der Waals surface area contributed by atoms with Crippen LogP contribution in [0.5, 0.6) is 0 Å². The minimum Gasteiger partial charge on any atom is -0.337 e. The Kier molecular flexibility index (Phi) is 21.3. The van der Waals surface area contributed by atoms with E-state index in [4.69, 9.17) is 10.5 Å². The molecule has 5 aliphatic heterocycles. The predicted molar refractivity (Wildman–Crippen MR) is 345 cm³/mol. The molecule has 25 heteroatoms. The number of halogens is 12. The van der Waals surface area contributed by atoms with Crippen LogP contribution in [-0.4, -0.2) is 78.7 Å². The zero-order chi connectivity index (χ0) is 67.4. The molecule has 0 saturated carbocycles. The van der Waals surface area contributed by atoms with Crippen LogP contribution in [-0.2, 0) is 17.1 Å². The van der Waals surface area contributed by atoms with Crippen molar-refractivity contribution in [1.82, 2.24) is 39.2 Å². The van der Waals surface area contributed by atoms with Crippen LogP contribution in [0.15, 0.2) is 243 Å². The van der Waals surface area contributed by atoms with Gasteiger partial charge in [0.1, 0.15) is 0 Å². The van der Waals surface area contributed by atoms with Crippen molar-refractivity contribution < 1.29 is 67.4 Å². The Morgan fingerprint density at radius 3 is 0.474 bits per heavy atom. The van der Waals surface area contributed by atoms with Gasteiger partial charge in [-0.15, -0.1) is 0 Å². The first-order valence-corrected chi connectivity index (χ1v) is 32.9. The van der Waals surface area contributed by atoms with Crippen LogP contribution in [0.25, 0.3) is 45.6 Å². The standard InChI is InChI=1S/C66H52N8.2C2H3N.2F6P.Fe/c1-9-25-51(26-10-1)59-63(55-33-17-5-18-34-55)71-45-67(59)41-42-68-46-73(65(57-37-21-7-22-38-57)60(68)52-27-11-2-12-28-52)50-74-48-70(62(54-31-15-4-16-32-54)66(74)58-39-23-8-24-40-58)44-43-69-47-72(49-71)64(56-35-19-6-20-36-56)61(69)53-29-13-3-14-30-53;2*1-2-3;2*1-7(2,3,4,5)6;/h1-40H,41-44,49-50H2;2*1H3;;;/q;;;2*-1;+2. The quantitative estimate of drug-likeness (QED) is 0.0834. The minimum atomic E-state index is -10.7. The second kappa shape index (κ2) is 28.3. The van der Waals surface area contributed by atoms with E-state index in [9.17, 15) is 50.4 Å². The van der Waals surface area contributed by atoms with Crippen LogP contribution in [0.3, 0.4) is 0 Å². The summed E-state index contributed by atoms with van der Waals surface area (Å²) in [5.74, 6) is 0. The molecule has 5 heterocycles. The number of rotatable bonds is 8. The molecule has 1 saturated heterocycles. The van der Waals surface area contributed by atoms with Crippen molar-refractivity contribution >= 4 is 61.2 Å². The van der Waals surface area contributed by atoms with Crippen LogP contribution in [0.1, 0.15) is 58.4 Å². The fourth-order valence-electron chi connectivity index (χ4n) is 10.9. The van der Waals surface area contributed by atoms with Crippen LogP contribution in [0, 0.1) is 49.3 Å². The number of hydrogen-bond donors (Lipinski definition) is 0. The van der Waals surface area contributed by atoms with Gasteiger partial charge in [0.2, 0.25) is 26.7 Å². The zero-order valence-electron chi connectivity index (χ0n) is 50.6. The topological polar surface area (TPSA) is 73.5 Å². The van der Waals surface area contributed by atoms with Crippen molar-refractivity contribution in [3.05, 3.63) is 314 Å². The van der Waals surface area contributed by atoms with Crippen molar-refractivity contribution in [1.29, 1.82) is 10.5 Å². The van der Waals surface area contributed by atoms with Gasteiger partial charge in [0.25, 0.3) is 0 Å². The summed E-state index contributed by atoms with van der Waals surface area (Å²) in [6, 6.07) is 89.8. The molecule has 0 aromatic heterocycles. The summed E-state index contributed by atoms with van der Waals surface area (Å²) in [5, 5.41) is 14.6. The summed E-state index contributed by atoms with van der Waals surface area (Å²) in [4.78, 5) is 18.5. The third-order valence-electron chi connectivity index (χ3n) is 14.1. The fourth-order valence-corrected chi connectivity index (χ4v) is 10.9. The first-order valence-electron chi connectivity index (χ1n) is 28.9. The number of benzene rings is 8. The van der Waals surface area contributed by atoms with Gasteiger partial charge in [-0.3, -0.25) is 0 Å². The third kappa shape index (κ3) is 20.3.